The summed E-state index contributed by atoms with van der Waals surface area (Å²) in [6.45, 7) is 0. The summed E-state index contributed by atoms with van der Waals surface area (Å²) >= 11 is 0. The lowest BCUT2D eigenvalue weighted by atomic mass is 10.3. The number of rotatable bonds is 1. The van der Waals surface area contributed by atoms with E-state index in [1.807, 2.05) is 0 Å². The first-order valence-corrected chi connectivity index (χ1v) is 7.23. The second kappa shape index (κ2) is 3.90. The molecule has 1 fully saturated rings. The third-order valence-electron chi connectivity index (χ3n) is 2.88. The molecule has 1 aliphatic heterocycles. The van der Waals surface area contributed by atoms with E-state index < -0.39 is 8.80 Å². The zero-order valence-corrected chi connectivity index (χ0v) is 8.65. The minimum absolute atomic E-state index is 0.484. The molecule has 1 aromatic carbocycles. The van der Waals surface area contributed by atoms with Gasteiger partial charge in [0.15, 0.2) is 0 Å². The van der Waals surface area contributed by atoms with Crippen LogP contribution < -0.4 is 5.19 Å². The van der Waals surface area contributed by atoms with Gasteiger partial charge in [-0.3, -0.25) is 0 Å². The first kappa shape index (κ1) is 8.05. The highest BCUT2D eigenvalue weighted by Gasteiger charge is 2.15. The van der Waals surface area contributed by atoms with Gasteiger partial charge >= 0.3 is 0 Å². The summed E-state index contributed by atoms with van der Waals surface area (Å²) in [6.07, 6.45) is 4.47. The molecule has 0 radical (unpaired) electrons. The van der Waals surface area contributed by atoms with E-state index in [4.69, 9.17) is 0 Å². The van der Waals surface area contributed by atoms with E-state index in [0.717, 1.165) is 0 Å². The normalized spacial score (nSPS) is 19.3. The van der Waals surface area contributed by atoms with Crippen molar-refractivity contribution in [3.63, 3.8) is 0 Å². The first-order chi connectivity index (χ1) is 5.97. The molecule has 0 bridgehead atoms. The van der Waals surface area contributed by atoms with Crippen molar-refractivity contribution in [2.75, 3.05) is 0 Å². The standard InChI is InChI=1S/C11H16Si/c1-3-7-11(8-4-1)12-9-5-2-6-10-12/h1,3-4,7-8,12H,2,5-6,9-10H2. The van der Waals surface area contributed by atoms with Crippen LogP contribution >= 0.6 is 0 Å². The highest BCUT2D eigenvalue weighted by Crippen LogP contribution is 2.18. The van der Waals surface area contributed by atoms with Gasteiger partial charge in [0.2, 0.25) is 0 Å². The Balaban J connectivity index is 2.08. The second-order valence-corrected chi connectivity index (χ2v) is 6.96. The van der Waals surface area contributed by atoms with Crippen LogP contribution in [0.5, 0.6) is 0 Å². The van der Waals surface area contributed by atoms with Crippen molar-refractivity contribution in [3.05, 3.63) is 30.3 Å². The Morgan fingerprint density at radius 3 is 2.17 bits per heavy atom. The van der Waals surface area contributed by atoms with Crippen LogP contribution in [-0.2, 0) is 0 Å². The number of benzene rings is 1. The van der Waals surface area contributed by atoms with E-state index in [2.05, 4.69) is 30.3 Å². The molecule has 0 aromatic heterocycles. The van der Waals surface area contributed by atoms with Crippen LogP contribution in [0.3, 0.4) is 0 Å². The molecular weight excluding hydrogens is 160 g/mol. The van der Waals surface area contributed by atoms with E-state index in [1.165, 1.54) is 19.3 Å². The van der Waals surface area contributed by atoms with Gasteiger partial charge in [-0.05, 0) is 0 Å². The molecule has 1 heteroatoms. The monoisotopic (exact) mass is 176 g/mol. The molecule has 0 unspecified atom stereocenters. The lowest BCUT2D eigenvalue weighted by molar-refractivity contribution is 0.728. The minimum Gasteiger partial charge on any atom is -0.0633 e. The number of hydrogen-bond donors (Lipinski definition) is 0. The summed E-state index contributed by atoms with van der Waals surface area (Å²) < 4.78 is 0. The van der Waals surface area contributed by atoms with Gasteiger partial charge in [-0.25, -0.2) is 0 Å². The van der Waals surface area contributed by atoms with E-state index in [0.29, 0.717) is 0 Å². The molecule has 0 aliphatic carbocycles. The molecule has 1 aromatic rings. The largest absolute Gasteiger partial charge is 0.0708 e. The van der Waals surface area contributed by atoms with Crippen molar-refractivity contribution in [1.29, 1.82) is 0 Å². The van der Waals surface area contributed by atoms with Crippen LogP contribution in [0.1, 0.15) is 19.3 Å². The molecule has 1 aliphatic rings. The average Bonchev–Trinajstić information content (AvgIpc) is 2.21. The third-order valence-corrected chi connectivity index (χ3v) is 6.41. The van der Waals surface area contributed by atoms with Gasteiger partial charge in [-0.2, -0.15) is 0 Å². The number of hydrogen-bond acceptors (Lipinski definition) is 0. The fourth-order valence-electron chi connectivity index (χ4n) is 2.16. The molecule has 0 nitrogen and oxygen atoms in total. The quantitative estimate of drug-likeness (QED) is 0.576. The van der Waals surface area contributed by atoms with Crippen LogP contribution in [0.2, 0.25) is 12.1 Å². The van der Waals surface area contributed by atoms with Gasteiger partial charge in [0, 0.05) is 0 Å². The SMILES string of the molecule is c1ccc([SiH]2CCCCC2)cc1. The second-order valence-electron chi connectivity index (χ2n) is 3.75. The topological polar surface area (TPSA) is 0 Å². The molecule has 0 saturated carbocycles. The summed E-state index contributed by atoms with van der Waals surface area (Å²) in [5.74, 6) is 0. The fourth-order valence-corrected chi connectivity index (χ4v) is 5.45. The Bertz CT molecular complexity index is 224. The van der Waals surface area contributed by atoms with Crippen LogP contribution in [0.25, 0.3) is 0 Å². The minimum atomic E-state index is -0.484. The van der Waals surface area contributed by atoms with Crippen molar-refractivity contribution in [2.24, 2.45) is 0 Å². The van der Waals surface area contributed by atoms with Gasteiger partial charge < -0.3 is 0 Å². The van der Waals surface area contributed by atoms with Gasteiger partial charge in [-0.1, -0.05) is 66.9 Å². The van der Waals surface area contributed by atoms with Gasteiger partial charge in [0.25, 0.3) is 0 Å². The molecule has 2 rings (SSSR count). The van der Waals surface area contributed by atoms with Crippen molar-refractivity contribution in [1.82, 2.24) is 0 Å². The Labute approximate surface area is 76.2 Å². The predicted octanol–water partition coefficient (Wildman–Crippen LogP) is 2.30. The maximum absolute atomic E-state index is 2.34. The van der Waals surface area contributed by atoms with Gasteiger partial charge in [0.1, 0.15) is 0 Å². The third kappa shape index (κ3) is 1.78. The summed E-state index contributed by atoms with van der Waals surface area (Å²) in [4.78, 5) is 0. The van der Waals surface area contributed by atoms with Crippen molar-refractivity contribution in [3.8, 4) is 0 Å². The molecule has 1 saturated heterocycles. The fraction of sp³-hybridized carbons (Fsp3) is 0.455. The maximum atomic E-state index is 2.34. The van der Waals surface area contributed by atoms with Gasteiger partial charge in [0.05, 0.1) is 8.80 Å². The average molecular weight is 176 g/mol. The van der Waals surface area contributed by atoms with Crippen LogP contribution in [0.4, 0.5) is 0 Å². The van der Waals surface area contributed by atoms with Gasteiger partial charge in [-0.15, -0.1) is 0 Å². The van der Waals surface area contributed by atoms with Crippen molar-refractivity contribution < 1.29 is 0 Å². The van der Waals surface area contributed by atoms with E-state index >= 15 is 0 Å². The molecule has 64 valence electrons. The van der Waals surface area contributed by atoms with E-state index in [9.17, 15) is 0 Å². The molecule has 0 N–H and O–H groups in total. The van der Waals surface area contributed by atoms with Crippen LogP contribution in [0.15, 0.2) is 30.3 Å². The maximum Gasteiger partial charge on any atom is 0.0708 e. The summed E-state index contributed by atoms with van der Waals surface area (Å²) in [5.41, 5.74) is 0. The van der Waals surface area contributed by atoms with Crippen molar-refractivity contribution in [2.45, 2.75) is 31.4 Å². The molecular formula is C11H16Si. The Morgan fingerprint density at radius 1 is 0.833 bits per heavy atom. The van der Waals surface area contributed by atoms with Crippen LogP contribution in [0, 0.1) is 0 Å². The van der Waals surface area contributed by atoms with E-state index in [-0.39, 0.29) is 0 Å². The highest BCUT2D eigenvalue weighted by atomic mass is 28.3. The molecule has 0 amide bonds. The summed E-state index contributed by atoms with van der Waals surface area (Å²) in [5, 5.41) is 1.69. The Kier molecular flexibility index (Phi) is 2.62. The molecule has 12 heavy (non-hydrogen) atoms. The zero-order valence-electron chi connectivity index (χ0n) is 7.50. The highest BCUT2D eigenvalue weighted by molar-refractivity contribution is 6.73. The molecule has 0 atom stereocenters. The summed E-state index contributed by atoms with van der Waals surface area (Å²) in [7, 11) is -0.484. The lowest BCUT2D eigenvalue weighted by Gasteiger charge is -2.20. The van der Waals surface area contributed by atoms with E-state index in [1.54, 1.807) is 17.3 Å². The predicted molar refractivity (Wildman–Crippen MR) is 56.7 cm³/mol. The smallest absolute Gasteiger partial charge is 0.0633 e. The lowest BCUT2D eigenvalue weighted by Crippen LogP contribution is -2.31. The Hall–Kier alpha value is -0.563. The zero-order chi connectivity index (χ0) is 8.23. The molecule has 0 spiro atoms. The molecule has 1 heterocycles. The van der Waals surface area contributed by atoms with Crippen molar-refractivity contribution >= 4 is 14.0 Å². The summed E-state index contributed by atoms with van der Waals surface area (Å²) in [6, 6.07) is 14.3. The van der Waals surface area contributed by atoms with Crippen LogP contribution in [-0.4, -0.2) is 8.80 Å². The Morgan fingerprint density at radius 2 is 1.50 bits per heavy atom. The first-order valence-electron chi connectivity index (χ1n) is 5.02.